The van der Waals surface area contributed by atoms with Crippen molar-refractivity contribution in [2.45, 2.75) is 0 Å². The highest BCUT2D eigenvalue weighted by molar-refractivity contribution is 5.96. The summed E-state index contributed by atoms with van der Waals surface area (Å²) in [6, 6.07) is 8.30. The van der Waals surface area contributed by atoms with Crippen molar-refractivity contribution in [3.05, 3.63) is 47.8 Å². The van der Waals surface area contributed by atoms with Gasteiger partial charge in [0.2, 0.25) is 5.75 Å². The second-order valence-corrected chi connectivity index (χ2v) is 5.34. The number of methoxy groups -OCH3 is 1. The van der Waals surface area contributed by atoms with Gasteiger partial charge < -0.3 is 24.3 Å². The average molecular weight is 361 g/mol. The molecule has 0 aromatic heterocycles. The number of anilines is 1. The van der Waals surface area contributed by atoms with Crippen molar-refractivity contribution in [2.24, 2.45) is 0 Å². The van der Waals surface area contributed by atoms with Crippen molar-refractivity contribution in [1.29, 1.82) is 0 Å². The Hall–Kier alpha value is -3.29. The molecule has 0 fully saturated rings. The fourth-order valence-electron chi connectivity index (χ4n) is 2.37. The number of esters is 1. The predicted molar refractivity (Wildman–Crippen MR) is 89.3 cm³/mol. The number of benzene rings is 2. The van der Waals surface area contributed by atoms with E-state index in [1.165, 1.54) is 37.4 Å². The molecule has 1 N–H and O–H groups in total. The molecule has 7 nitrogen and oxygen atoms in total. The molecule has 0 atom stereocenters. The first-order valence-corrected chi connectivity index (χ1v) is 7.77. The number of amides is 1. The van der Waals surface area contributed by atoms with Gasteiger partial charge in [-0.25, -0.2) is 9.18 Å². The van der Waals surface area contributed by atoms with Gasteiger partial charge in [0.1, 0.15) is 19.0 Å². The Bertz CT molecular complexity index is 821. The van der Waals surface area contributed by atoms with E-state index in [4.69, 9.17) is 18.9 Å². The molecular weight excluding hydrogens is 345 g/mol. The van der Waals surface area contributed by atoms with Gasteiger partial charge in [-0.1, -0.05) is 6.07 Å². The third-order valence-corrected chi connectivity index (χ3v) is 3.51. The van der Waals surface area contributed by atoms with Crippen molar-refractivity contribution < 1.29 is 32.9 Å². The van der Waals surface area contributed by atoms with E-state index in [9.17, 15) is 14.0 Å². The standard InChI is InChI=1S/C18H16FNO6/c1-23-14-7-11(8-15-17(14)25-6-5-24-15)18(22)26-10-16(21)20-13-4-2-3-12(19)9-13/h2-4,7-9H,5-6,10H2,1H3,(H,20,21). The molecule has 0 saturated heterocycles. The number of carbonyl (C=O) groups excluding carboxylic acids is 2. The van der Waals surface area contributed by atoms with Crippen molar-refractivity contribution >= 4 is 17.6 Å². The lowest BCUT2D eigenvalue weighted by atomic mass is 10.1. The molecular formula is C18H16FNO6. The van der Waals surface area contributed by atoms with E-state index in [2.05, 4.69) is 5.32 Å². The van der Waals surface area contributed by atoms with Crippen molar-refractivity contribution in [1.82, 2.24) is 0 Å². The molecule has 8 heteroatoms. The quantitative estimate of drug-likeness (QED) is 0.824. The van der Waals surface area contributed by atoms with Gasteiger partial charge in [-0.2, -0.15) is 0 Å². The van der Waals surface area contributed by atoms with Gasteiger partial charge in [0.25, 0.3) is 5.91 Å². The third-order valence-electron chi connectivity index (χ3n) is 3.51. The van der Waals surface area contributed by atoms with Crippen LogP contribution in [0, 0.1) is 5.82 Å². The fraction of sp³-hybridized carbons (Fsp3) is 0.222. The van der Waals surface area contributed by atoms with E-state index in [0.717, 1.165) is 6.07 Å². The van der Waals surface area contributed by atoms with E-state index < -0.39 is 24.3 Å². The minimum atomic E-state index is -0.727. The van der Waals surface area contributed by atoms with Gasteiger partial charge in [0.15, 0.2) is 18.1 Å². The SMILES string of the molecule is COc1cc(C(=O)OCC(=O)Nc2cccc(F)c2)cc2c1OCCO2. The Balaban J connectivity index is 1.63. The first-order valence-electron chi connectivity index (χ1n) is 7.77. The molecule has 1 aliphatic rings. The minimum Gasteiger partial charge on any atom is -0.493 e. The molecule has 1 aliphatic heterocycles. The van der Waals surface area contributed by atoms with Gasteiger partial charge in [-0.15, -0.1) is 0 Å². The maximum atomic E-state index is 13.1. The second-order valence-electron chi connectivity index (χ2n) is 5.34. The molecule has 2 aromatic carbocycles. The van der Waals surface area contributed by atoms with Crippen LogP contribution in [0.1, 0.15) is 10.4 Å². The molecule has 0 aliphatic carbocycles. The third kappa shape index (κ3) is 4.02. The highest BCUT2D eigenvalue weighted by Gasteiger charge is 2.22. The Labute approximate surface area is 148 Å². The molecule has 0 radical (unpaired) electrons. The summed E-state index contributed by atoms with van der Waals surface area (Å²) in [7, 11) is 1.44. The summed E-state index contributed by atoms with van der Waals surface area (Å²) in [6.07, 6.45) is 0. The Morgan fingerprint density at radius 2 is 2.00 bits per heavy atom. The lowest BCUT2D eigenvalue weighted by Crippen LogP contribution is -2.21. The first kappa shape index (κ1) is 17.5. The zero-order chi connectivity index (χ0) is 18.5. The predicted octanol–water partition coefficient (Wildman–Crippen LogP) is 2.40. The van der Waals surface area contributed by atoms with Gasteiger partial charge >= 0.3 is 5.97 Å². The lowest BCUT2D eigenvalue weighted by molar-refractivity contribution is -0.119. The summed E-state index contributed by atoms with van der Waals surface area (Å²) in [5, 5.41) is 2.44. The van der Waals surface area contributed by atoms with Crippen LogP contribution in [-0.4, -0.2) is 38.8 Å². The van der Waals surface area contributed by atoms with E-state index >= 15 is 0 Å². The Morgan fingerprint density at radius 3 is 2.77 bits per heavy atom. The summed E-state index contributed by atoms with van der Waals surface area (Å²) in [6.45, 7) is 0.213. The van der Waals surface area contributed by atoms with Gasteiger partial charge in [-0.05, 0) is 30.3 Å². The molecule has 0 spiro atoms. The number of nitrogens with one attached hydrogen (secondary N) is 1. The van der Waals surface area contributed by atoms with Crippen molar-refractivity contribution in [3.63, 3.8) is 0 Å². The number of fused-ring (bicyclic) bond motifs is 1. The van der Waals surface area contributed by atoms with E-state index in [1.54, 1.807) is 0 Å². The van der Waals surface area contributed by atoms with Crippen molar-refractivity contribution in [2.75, 3.05) is 32.2 Å². The summed E-state index contributed by atoms with van der Waals surface area (Å²) >= 11 is 0. The highest BCUT2D eigenvalue weighted by Crippen LogP contribution is 2.40. The summed E-state index contributed by atoms with van der Waals surface area (Å²) in [5.41, 5.74) is 0.428. The molecule has 0 bridgehead atoms. The van der Waals surface area contributed by atoms with Crippen LogP contribution in [0.3, 0.4) is 0 Å². The topological polar surface area (TPSA) is 83.1 Å². The molecule has 0 unspecified atom stereocenters. The summed E-state index contributed by atoms with van der Waals surface area (Å²) < 4.78 is 34.2. The fourth-order valence-corrected chi connectivity index (χ4v) is 2.37. The van der Waals surface area contributed by atoms with Gasteiger partial charge in [-0.3, -0.25) is 4.79 Å². The number of carbonyl (C=O) groups is 2. The van der Waals surface area contributed by atoms with Crippen LogP contribution in [0.4, 0.5) is 10.1 Å². The zero-order valence-corrected chi connectivity index (χ0v) is 13.9. The first-order chi connectivity index (χ1) is 12.6. The number of ether oxygens (including phenoxy) is 4. The number of hydrogen-bond acceptors (Lipinski definition) is 6. The van der Waals surface area contributed by atoms with Crippen LogP contribution >= 0.6 is 0 Å². The number of halogens is 1. The average Bonchev–Trinajstić information content (AvgIpc) is 2.65. The Kier molecular flexibility index (Phi) is 5.21. The van der Waals surface area contributed by atoms with Crippen LogP contribution in [-0.2, 0) is 9.53 Å². The van der Waals surface area contributed by atoms with E-state index in [1.807, 2.05) is 0 Å². The summed E-state index contributed by atoms with van der Waals surface area (Å²) in [5.74, 6) is -0.685. The number of rotatable bonds is 5. The molecule has 2 aromatic rings. The largest absolute Gasteiger partial charge is 0.493 e. The Morgan fingerprint density at radius 1 is 1.19 bits per heavy atom. The molecule has 1 amide bonds. The highest BCUT2D eigenvalue weighted by atomic mass is 19.1. The summed E-state index contributed by atoms with van der Waals surface area (Å²) in [4.78, 5) is 24.0. The van der Waals surface area contributed by atoms with Crippen molar-refractivity contribution in [3.8, 4) is 17.2 Å². The smallest absolute Gasteiger partial charge is 0.338 e. The van der Waals surface area contributed by atoms with Gasteiger partial charge in [0, 0.05) is 5.69 Å². The molecule has 3 rings (SSSR count). The van der Waals surface area contributed by atoms with Crippen LogP contribution in [0.2, 0.25) is 0 Å². The molecule has 26 heavy (non-hydrogen) atoms. The van der Waals surface area contributed by atoms with Crippen LogP contribution in [0.5, 0.6) is 17.2 Å². The zero-order valence-electron chi connectivity index (χ0n) is 13.9. The maximum absolute atomic E-state index is 13.1. The lowest BCUT2D eigenvalue weighted by Gasteiger charge is -2.21. The van der Waals surface area contributed by atoms with Crippen LogP contribution < -0.4 is 19.5 Å². The van der Waals surface area contributed by atoms with E-state index in [0.29, 0.717) is 30.5 Å². The van der Waals surface area contributed by atoms with E-state index in [-0.39, 0.29) is 11.3 Å². The maximum Gasteiger partial charge on any atom is 0.338 e. The minimum absolute atomic E-state index is 0.157. The normalized spacial score (nSPS) is 12.2. The monoisotopic (exact) mass is 361 g/mol. The second kappa shape index (κ2) is 7.73. The van der Waals surface area contributed by atoms with Crippen LogP contribution in [0.15, 0.2) is 36.4 Å². The van der Waals surface area contributed by atoms with Crippen LogP contribution in [0.25, 0.3) is 0 Å². The van der Waals surface area contributed by atoms with Gasteiger partial charge in [0.05, 0.1) is 12.7 Å². The number of hydrogen-bond donors (Lipinski definition) is 1. The molecule has 0 saturated carbocycles. The molecule has 1 heterocycles. The molecule has 136 valence electrons.